The minimum atomic E-state index is 0.666. The number of rotatable bonds is 2. The van der Waals surface area contributed by atoms with Crippen molar-refractivity contribution in [3.63, 3.8) is 0 Å². The third-order valence-corrected chi connectivity index (χ3v) is 4.13. The first-order chi connectivity index (χ1) is 8.10. The van der Waals surface area contributed by atoms with Crippen molar-refractivity contribution in [3.05, 3.63) is 28.2 Å². The van der Waals surface area contributed by atoms with Crippen molar-refractivity contribution < 1.29 is 0 Å². The number of nitrogens with zero attached hydrogens (tertiary/aromatic N) is 1. The molecule has 17 heavy (non-hydrogen) atoms. The maximum absolute atomic E-state index is 3.58. The highest BCUT2D eigenvalue weighted by Crippen LogP contribution is 2.27. The predicted octanol–water partition coefficient (Wildman–Crippen LogP) is 3.19. The van der Waals surface area contributed by atoms with Crippen LogP contribution in [0.1, 0.15) is 18.9 Å². The van der Waals surface area contributed by atoms with Crippen LogP contribution in [-0.4, -0.2) is 26.2 Å². The van der Waals surface area contributed by atoms with Gasteiger partial charge in [0.2, 0.25) is 0 Å². The molecule has 2 atom stereocenters. The molecular weight excluding hydrogens is 276 g/mol. The Morgan fingerprint density at radius 1 is 1.35 bits per heavy atom. The normalized spacial score (nSPS) is 25.1. The van der Waals surface area contributed by atoms with Crippen LogP contribution in [0.25, 0.3) is 0 Å². The van der Waals surface area contributed by atoms with Crippen LogP contribution in [0.2, 0.25) is 0 Å². The average Bonchev–Trinajstić information content (AvgIpc) is 2.27. The summed E-state index contributed by atoms with van der Waals surface area (Å²) in [5, 5.41) is 3.41. The highest BCUT2D eigenvalue weighted by molar-refractivity contribution is 9.10. The second-order valence-electron chi connectivity index (χ2n) is 5.09. The minimum absolute atomic E-state index is 0.666. The Bertz CT molecular complexity index is 372. The van der Waals surface area contributed by atoms with Crippen LogP contribution in [0.15, 0.2) is 22.7 Å². The molecule has 1 saturated heterocycles. The maximum atomic E-state index is 3.58. The highest BCUT2D eigenvalue weighted by Gasteiger charge is 2.24. The molecule has 1 aromatic rings. The number of halogens is 1. The molecule has 94 valence electrons. The van der Waals surface area contributed by atoms with E-state index in [1.54, 1.807) is 0 Å². The number of anilines is 1. The summed E-state index contributed by atoms with van der Waals surface area (Å²) in [6, 6.07) is 7.32. The Balaban J connectivity index is 2.13. The van der Waals surface area contributed by atoms with E-state index in [9.17, 15) is 0 Å². The van der Waals surface area contributed by atoms with Crippen LogP contribution in [-0.2, 0) is 0 Å². The predicted molar refractivity (Wildman–Crippen MR) is 77.7 cm³/mol. The number of benzene rings is 1. The van der Waals surface area contributed by atoms with E-state index < -0.39 is 0 Å². The summed E-state index contributed by atoms with van der Waals surface area (Å²) in [5.41, 5.74) is 2.66. The largest absolute Gasteiger partial charge is 0.371 e. The number of hydrogen-bond acceptors (Lipinski definition) is 2. The number of hydrogen-bond donors (Lipinski definition) is 1. The second kappa shape index (κ2) is 5.40. The zero-order valence-corrected chi connectivity index (χ0v) is 12.4. The van der Waals surface area contributed by atoms with Gasteiger partial charge in [-0.05, 0) is 50.1 Å². The van der Waals surface area contributed by atoms with E-state index in [1.165, 1.54) is 22.1 Å². The maximum Gasteiger partial charge on any atom is 0.0380 e. The smallest absolute Gasteiger partial charge is 0.0380 e. The van der Waals surface area contributed by atoms with Crippen LogP contribution in [0.3, 0.4) is 0 Å². The summed E-state index contributed by atoms with van der Waals surface area (Å²) < 4.78 is 1.18. The van der Waals surface area contributed by atoms with Crippen molar-refractivity contribution in [2.75, 3.05) is 25.0 Å². The number of aryl methyl sites for hydroxylation is 1. The fourth-order valence-electron chi connectivity index (χ4n) is 2.71. The molecule has 3 heteroatoms. The van der Waals surface area contributed by atoms with Gasteiger partial charge in [-0.15, -0.1) is 0 Å². The number of piperidine rings is 1. The number of nitrogens with one attached hydrogen (secondary N) is 1. The summed E-state index contributed by atoms with van der Waals surface area (Å²) in [5.74, 6) is 0.702. The SMILES string of the molecule is CNC1CCN(c2cc(C)cc(Br)c2)CC1C. The Morgan fingerprint density at radius 2 is 2.12 bits per heavy atom. The molecule has 0 spiro atoms. The Morgan fingerprint density at radius 3 is 2.71 bits per heavy atom. The van der Waals surface area contributed by atoms with Gasteiger partial charge in [0.15, 0.2) is 0 Å². The Hall–Kier alpha value is -0.540. The minimum Gasteiger partial charge on any atom is -0.371 e. The summed E-state index contributed by atoms with van der Waals surface area (Å²) in [6.45, 7) is 6.77. The molecule has 2 rings (SSSR count). The third kappa shape index (κ3) is 3.02. The van der Waals surface area contributed by atoms with Crippen LogP contribution >= 0.6 is 15.9 Å². The molecule has 1 aromatic carbocycles. The molecule has 2 nitrogen and oxygen atoms in total. The lowest BCUT2D eigenvalue weighted by molar-refractivity contribution is 0.339. The van der Waals surface area contributed by atoms with Crippen LogP contribution in [0.5, 0.6) is 0 Å². The van der Waals surface area contributed by atoms with Gasteiger partial charge in [-0.3, -0.25) is 0 Å². The van der Waals surface area contributed by atoms with E-state index in [0.717, 1.165) is 13.1 Å². The van der Waals surface area contributed by atoms with Gasteiger partial charge in [-0.1, -0.05) is 22.9 Å². The average molecular weight is 297 g/mol. The van der Waals surface area contributed by atoms with Crippen molar-refractivity contribution in [2.45, 2.75) is 26.3 Å². The first-order valence-electron chi connectivity index (χ1n) is 6.29. The lowest BCUT2D eigenvalue weighted by Gasteiger charge is -2.38. The van der Waals surface area contributed by atoms with Crippen molar-refractivity contribution >= 4 is 21.6 Å². The van der Waals surface area contributed by atoms with Crippen molar-refractivity contribution in [1.29, 1.82) is 0 Å². The molecule has 0 bridgehead atoms. The molecule has 1 aliphatic rings. The van der Waals surface area contributed by atoms with Gasteiger partial charge in [0.05, 0.1) is 0 Å². The molecule has 0 radical (unpaired) electrons. The molecule has 0 saturated carbocycles. The topological polar surface area (TPSA) is 15.3 Å². The molecule has 1 aliphatic heterocycles. The molecule has 0 aliphatic carbocycles. The van der Waals surface area contributed by atoms with Gasteiger partial charge in [0, 0.05) is 29.3 Å². The van der Waals surface area contributed by atoms with Gasteiger partial charge in [-0.2, -0.15) is 0 Å². The lowest BCUT2D eigenvalue weighted by Crippen LogP contribution is -2.47. The van der Waals surface area contributed by atoms with Gasteiger partial charge in [0.1, 0.15) is 0 Å². The van der Waals surface area contributed by atoms with Gasteiger partial charge in [0.25, 0.3) is 0 Å². The van der Waals surface area contributed by atoms with Crippen molar-refractivity contribution in [1.82, 2.24) is 5.32 Å². The van der Waals surface area contributed by atoms with Gasteiger partial charge in [-0.25, -0.2) is 0 Å². The van der Waals surface area contributed by atoms with Crippen molar-refractivity contribution in [2.24, 2.45) is 5.92 Å². The lowest BCUT2D eigenvalue weighted by atomic mass is 9.93. The Kier molecular flexibility index (Phi) is 4.10. The van der Waals surface area contributed by atoms with E-state index in [0.29, 0.717) is 12.0 Å². The molecule has 1 heterocycles. The van der Waals surface area contributed by atoms with Gasteiger partial charge >= 0.3 is 0 Å². The monoisotopic (exact) mass is 296 g/mol. The zero-order valence-electron chi connectivity index (χ0n) is 10.8. The summed E-state index contributed by atoms with van der Waals surface area (Å²) in [7, 11) is 2.07. The van der Waals surface area contributed by atoms with Crippen LogP contribution < -0.4 is 10.2 Å². The van der Waals surface area contributed by atoms with Gasteiger partial charge < -0.3 is 10.2 Å². The summed E-state index contributed by atoms with van der Waals surface area (Å²) in [4.78, 5) is 2.50. The van der Waals surface area contributed by atoms with E-state index in [2.05, 4.69) is 65.2 Å². The summed E-state index contributed by atoms with van der Waals surface area (Å²) in [6.07, 6.45) is 1.23. The van der Waals surface area contributed by atoms with E-state index in [1.807, 2.05) is 0 Å². The molecule has 1 fully saturated rings. The molecule has 1 N–H and O–H groups in total. The van der Waals surface area contributed by atoms with E-state index in [4.69, 9.17) is 0 Å². The molecule has 0 amide bonds. The first-order valence-corrected chi connectivity index (χ1v) is 7.09. The second-order valence-corrected chi connectivity index (χ2v) is 6.01. The first kappa shape index (κ1) is 12.9. The van der Waals surface area contributed by atoms with E-state index >= 15 is 0 Å². The quantitative estimate of drug-likeness (QED) is 0.902. The molecule has 0 aromatic heterocycles. The fourth-order valence-corrected chi connectivity index (χ4v) is 3.30. The zero-order chi connectivity index (χ0) is 12.4. The fraction of sp³-hybridized carbons (Fsp3) is 0.571. The molecule has 2 unspecified atom stereocenters. The van der Waals surface area contributed by atoms with Crippen molar-refractivity contribution in [3.8, 4) is 0 Å². The molecular formula is C14H21BrN2. The van der Waals surface area contributed by atoms with Crippen LogP contribution in [0, 0.1) is 12.8 Å². The standard InChI is InChI=1S/C14H21BrN2/c1-10-6-12(15)8-13(7-10)17-5-4-14(16-3)11(2)9-17/h6-8,11,14,16H,4-5,9H2,1-3H3. The highest BCUT2D eigenvalue weighted by atomic mass is 79.9. The van der Waals surface area contributed by atoms with Crippen LogP contribution in [0.4, 0.5) is 5.69 Å². The summed E-state index contributed by atoms with van der Waals surface area (Å²) >= 11 is 3.58. The Labute approximate surface area is 113 Å². The third-order valence-electron chi connectivity index (χ3n) is 3.67. The van der Waals surface area contributed by atoms with E-state index in [-0.39, 0.29) is 0 Å².